The van der Waals surface area contributed by atoms with Gasteiger partial charge >= 0.3 is 0 Å². The van der Waals surface area contributed by atoms with E-state index in [1.807, 2.05) is 25.9 Å². The molecule has 0 amide bonds. The number of hydrogen-bond donors (Lipinski definition) is 2. The summed E-state index contributed by atoms with van der Waals surface area (Å²) in [7, 11) is 0.466. The van der Waals surface area contributed by atoms with Crippen molar-refractivity contribution >= 4 is 21.4 Å². The molecule has 0 saturated carbocycles. The zero-order valence-electron chi connectivity index (χ0n) is 11.1. The van der Waals surface area contributed by atoms with Gasteiger partial charge < -0.3 is 10.2 Å². The van der Waals surface area contributed by atoms with Gasteiger partial charge in [-0.2, -0.15) is 0 Å². The Morgan fingerprint density at radius 3 is 2.72 bits per heavy atom. The largest absolute Gasteiger partial charge is 0.312 e. The Morgan fingerprint density at radius 1 is 1.39 bits per heavy atom. The van der Waals surface area contributed by atoms with E-state index in [-0.39, 0.29) is 0 Å². The first-order chi connectivity index (χ1) is 8.45. The summed E-state index contributed by atoms with van der Waals surface area (Å²) in [4.78, 5) is 3.33. The van der Waals surface area contributed by atoms with E-state index < -0.39 is 10.0 Å². The Morgan fingerprint density at radius 2 is 2.11 bits per heavy atom. The van der Waals surface area contributed by atoms with Gasteiger partial charge in [-0.3, -0.25) is 0 Å². The molecule has 0 fully saturated rings. The van der Waals surface area contributed by atoms with Crippen LogP contribution in [0.25, 0.3) is 0 Å². The number of thiophene rings is 1. The van der Waals surface area contributed by atoms with E-state index in [0.717, 1.165) is 11.4 Å². The van der Waals surface area contributed by atoms with Gasteiger partial charge in [0.05, 0.1) is 4.90 Å². The van der Waals surface area contributed by atoms with Gasteiger partial charge in [0.1, 0.15) is 0 Å². The molecule has 1 aromatic heterocycles. The third kappa shape index (κ3) is 5.03. The van der Waals surface area contributed by atoms with Crippen molar-refractivity contribution < 1.29 is 8.42 Å². The smallest absolute Gasteiger partial charge is 0.241 e. The third-order valence-corrected chi connectivity index (χ3v) is 4.87. The van der Waals surface area contributed by atoms with Crippen LogP contribution in [0.15, 0.2) is 16.3 Å². The van der Waals surface area contributed by atoms with Crippen molar-refractivity contribution in [1.82, 2.24) is 14.9 Å². The summed E-state index contributed by atoms with van der Waals surface area (Å²) >= 11 is 1.46. The van der Waals surface area contributed by atoms with E-state index in [9.17, 15) is 8.42 Å². The van der Waals surface area contributed by atoms with E-state index in [1.165, 1.54) is 11.3 Å². The van der Waals surface area contributed by atoms with Crippen LogP contribution in [0.2, 0.25) is 0 Å². The molecular weight excluding hydrogens is 270 g/mol. The van der Waals surface area contributed by atoms with Gasteiger partial charge in [0.2, 0.25) is 10.0 Å². The van der Waals surface area contributed by atoms with Gasteiger partial charge in [0.15, 0.2) is 0 Å². The number of sulfonamides is 1. The summed E-state index contributed by atoms with van der Waals surface area (Å²) in [6.45, 7) is 4.73. The molecule has 104 valence electrons. The van der Waals surface area contributed by atoms with Crippen LogP contribution >= 0.6 is 11.3 Å². The first kappa shape index (κ1) is 15.6. The molecule has 0 aliphatic carbocycles. The molecule has 0 unspecified atom stereocenters. The Kier molecular flexibility index (Phi) is 6.24. The molecule has 0 aliphatic rings. The minimum absolute atomic E-state index is 0.360. The summed E-state index contributed by atoms with van der Waals surface area (Å²) in [5, 5.41) is 4.86. The molecule has 0 aliphatic heterocycles. The van der Waals surface area contributed by atoms with Crippen molar-refractivity contribution in [2.75, 3.05) is 33.7 Å². The van der Waals surface area contributed by atoms with Crippen LogP contribution in [0.4, 0.5) is 0 Å². The molecule has 18 heavy (non-hydrogen) atoms. The van der Waals surface area contributed by atoms with E-state index in [2.05, 4.69) is 10.0 Å². The average molecular weight is 291 g/mol. The normalized spacial score (nSPS) is 12.2. The number of rotatable bonds is 8. The fourth-order valence-electron chi connectivity index (χ4n) is 1.33. The van der Waals surface area contributed by atoms with Crippen LogP contribution in [-0.2, 0) is 16.6 Å². The van der Waals surface area contributed by atoms with E-state index >= 15 is 0 Å². The molecule has 5 nitrogen and oxygen atoms in total. The molecule has 0 spiro atoms. The molecule has 1 rings (SSSR count). The first-order valence-electron chi connectivity index (χ1n) is 5.88. The zero-order chi connectivity index (χ0) is 13.6. The highest BCUT2D eigenvalue weighted by Gasteiger charge is 2.15. The molecule has 0 radical (unpaired) electrons. The van der Waals surface area contributed by atoms with Crippen LogP contribution in [-0.4, -0.2) is 47.0 Å². The van der Waals surface area contributed by atoms with Crippen LogP contribution in [0.5, 0.6) is 0 Å². The Bertz CT molecular complexity index is 455. The van der Waals surface area contributed by atoms with Crippen LogP contribution in [0.1, 0.15) is 11.8 Å². The monoisotopic (exact) mass is 291 g/mol. The topological polar surface area (TPSA) is 61.4 Å². The predicted molar refractivity (Wildman–Crippen MR) is 75.4 cm³/mol. The van der Waals surface area contributed by atoms with Gasteiger partial charge in [0.25, 0.3) is 0 Å². The van der Waals surface area contributed by atoms with Gasteiger partial charge in [-0.25, -0.2) is 13.1 Å². The number of nitrogens with zero attached hydrogens (tertiary/aromatic N) is 1. The Hall–Kier alpha value is -0.470. The minimum atomic E-state index is -3.35. The molecule has 1 heterocycles. The second kappa shape index (κ2) is 7.20. The van der Waals surface area contributed by atoms with Crippen molar-refractivity contribution in [3.63, 3.8) is 0 Å². The maximum atomic E-state index is 12.0. The highest BCUT2D eigenvalue weighted by molar-refractivity contribution is 7.89. The summed E-state index contributed by atoms with van der Waals surface area (Å²) in [5.41, 5.74) is 0. The molecule has 0 atom stereocenters. The molecule has 1 aromatic rings. The lowest BCUT2D eigenvalue weighted by atomic mass is 10.4. The van der Waals surface area contributed by atoms with E-state index in [1.54, 1.807) is 11.4 Å². The van der Waals surface area contributed by atoms with E-state index in [0.29, 0.717) is 24.5 Å². The average Bonchev–Trinajstić information content (AvgIpc) is 2.74. The lowest BCUT2D eigenvalue weighted by molar-refractivity contribution is 0.412. The van der Waals surface area contributed by atoms with E-state index in [4.69, 9.17) is 0 Å². The predicted octanol–water partition coefficient (Wildman–Crippen LogP) is 0.697. The fourth-order valence-corrected chi connectivity index (χ4v) is 3.59. The zero-order valence-corrected chi connectivity index (χ0v) is 12.7. The van der Waals surface area contributed by atoms with Crippen LogP contribution in [0.3, 0.4) is 0 Å². The van der Waals surface area contributed by atoms with Crippen molar-refractivity contribution in [2.45, 2.75) is 18.4 Å². The highest BCUT2D eigenvalue weighted by atomic mass is 32.2. The second-order valence-electron chi connectivity index (χ2n) is 4.23. The SMILES string of the molecule is CCNCc1cc(S(=O)(=O)NCCN(C)C)cs1. The van der Waals surface area contributed by atoms with Crippen molar-refractivity contribution in [1.29, 1.82) is 0 Å². The highest BCUT2D eigenvalue weighted by Crippen LogP contribution is 2.18. The number of hydrogen-bond acceptors (Lipinski definition) is 5. The standard InChI is InChI=1S/C11H21N3O2S2/c1-4-12-8-10-7-11(9-17-10)18(15,16)13-5-6-14(2)3/h7,9,12-13H,4-6,8H2,1-3H3. The van der Waals surface area contributed by atoms with Gasteiger partial charge in [0, 0.05) is 29.9 Å². The molecular formula is C11H21N3O2S2. The molecule has 7 heteroatoms. The fraction of sp³-hybridized carbons (Fsp3) is 0.636. The summed E-state index contributed by atoms with van der Waals surface area (Å²) in [5.74, 6) is 0. The lowest BCUT2D eigenvalue weighted by Gasteiger charge is -2.10. The second-order valence-corrected chi connectivity index (χ2v) is 6.99. The molecule has 0 aromatic carbocycles. The molecule has 0 bridgehead atoms. The van der Waals surface area contributed by atoms with Crippen LogP contribution in [0, 0.1) is 0 Å². The summed E-state index contributed by atoms with van der Waals surface area (Å²) in [6, 6.07) is 1.73. The number of nitrogens with one attached hydrogen (secondary N) is 2. The van der Waals surface area contributed by atoms with Gasteiger partial charge in [-0.05, 0) is 26.7 Å². The molecule has 0 saturated heterocycles. The summed E-state index contributed by atoms with van der Waals surface area (Å²) in [6.07, 6.45) is 0. The third-order valence-electron chi connectivity index (χ3n) is 2.34. The van der Waals surface area contributed by atoms with Gasteiger partial charge in [-0.1, -0.05) is 6.92 Å². The van der Waals surface area contributed by atoms with Crippen LogP contribution < -0.4 is 10.0 Å². The molecule has 2 N–H and O–H groups in total. The maximum Gasteiger partial charge on any atom is 0.241 e. The van der Waals surface area contributed by atoms with Gasteiger partial charge in [-0.15, -0.1) is 11.3 Å². The summed E-state index contributed by atoms with van der Waals surface area (Å²) < 4.78 is 26.5. The van der Waals surface area contributed by atoms with Crippen molar-refractivity contribution in [3.05, 3.63) is 16.3 Å². The Balaban J connectivity index is 2.58. The maximum absolute atomic E-state index is 12.0. The first-order valence-corrected chi connectivity index (χ1v) is 8.24. The Labute approximate surface area is 113 Å². The lowest BCUT2D eigenvalue weighted by Crippen LogP contribution is -2.31. The minimum Gasteiger partial charge on any atom is -0.312 e. The van der Waals surface area contributed by atoms with Crippen molar-refractivity contribution in [3.8, 4) is 0 Å². The quantitative estimate of drug-likeness (QED) is 0.740. The number of likely N-dealkylation sites (N-methyl/N-ethyl adjacent to an activating group) is 1. The van der Waals surface area contributed by atoms with Crippen molar-refractivity contribution in [2.24, 2.45) is 0 Å².